The molecule has 0 aromatic heterocycles. The first kappa shape index (κ1) is 36.6. The smallest absolute Gasteiger partial charge is 0.308 e. The first-order valence-corrected chi connectivity index (χ1v) is 16.8. The average molecular weight is 668 g/mol. The van der Waals surface area contributed by atoms with Crippen LogP contribution in [0.2, 0.25) is 0 Å². The zero-order chi connectivity index (χ0) is 34.6. The minimum absolute atomic E-state index is 0.0690. The van der Waals surface area contributed by atoms with E-state index in [-0.39, 0.29) is 42.9 Å². The summed E-state index contributed by atoms with van der Waals surface area (Å²) < 4.78 is 33.1. The second-order valence-electron chi connectivity index (χ2n) is 12.5. The monoisotopic (exact) mass is 667 g/mol. The fourth-order valence-corrected chi connectivity index (χ4v) is 6.33. The fourth-order valence-electron chi connectivity index (χ4n) is 6.33. The SMILES string of the molecule is CCOC(=O)CCC(=O)N1Cc2cc(OC)c(OCCCOc3cc4c(cc3OC)CCC(CCC(=O)C[C@H](C)C(=O)OC)C4)cc2C1. The molecule has 1 heterocycles. The van der Waals surface area contributed by atoms with Gasteiger partial charge in [-0.2, -0.15) is 0 Å². The molecule has 48 heavy (non-hydrogen) atoms. The molecule has 0 fully saturated rings. The maximum atomic E-state index is 12.7. The van der Waals surface area contributed by atoms with Crippen molar-refractivity contribution in [3.63, 3.8) is 0 Å². The molecule has 1 unspecified atom stereocenters. The first-order chi connectivity index (χ1) is 23.1. The number of esters is 2. The molecular formula is C37H49NO10. The average Bonchev–Trinajstić information content (AvgIpc) is 3.51. The molecule has 1 aliphatic heterocycles. The summed E-state index contributed by atoms with van der Waals surface area (Å²) in [7, 11) is 4.57. The summed E-state index contributed by atoms with van der Waals surface area (Å²) in [5, 5.41) is 0. The van der Waals surface area contributed by atoms with Gasteiger partial charge in [-0.1, -0.05) is 6.92 Å². The number of nitrogens with zero attached hydrogens (tertiary/aromatic N) is 1. The van der Waals surface area contributed by atoms with Crippen molar-refractivity contribution in [3.8, 4) is 23.0 Å². The molecule has 0 saturated carbocycles. The van der Waals surface area contributed by atoms with Crippen LogP contribution in [0.1, 0.15) is 81.0 Å². The molecule has 2 aromatic carbocycles. The molecule has 4 rings (SSSR count). The van der Waals surface area contributed by atoms with Crippen molar-refractivity contribution in [2.24, 2.45) is 11.8 Å². The number of carbonyl (C=O) groups is 4. The number of ketones is 1. The number of fused-ring (bicyclic) bond motifs is 2. The topological polar surface area (TPSA) is 127 Å². The van der Waals surface area contributed by atoms with E-state index in [1.165, 1.54) is 18.2 Å². The molecule has 0 saturated heterocycles. The van der Waals surface area contributed by atoms with Crippen molar-refractivity contribution < 1.29 is 47.6 Å². The van der Waals surface area contributed by atoms with Gasteiger partial charge in [0, 0.05) is 38.8 Å². The number of benzene rings is 2. The van der Waals surface area contributed by atoms with Crippen LogP contribution in [0, 0.1) is 11.8 Å². The maximum Gasteiger partial charge on any atom is 0.308 e. The summed E-state index contributed by atoms with van der Waals surface area (Å²) in [6.07, 6.45) is 5.06. The number of methoxy groups -OCH3 is 3. The number of amides is 1. The van der Waals surface area contributed by atoms with Crippen LogP contribution in [0.3, 0.4) is 0 Å². The van der Waals surface area contributed by atoms with E-state index in [9.17, 15) is 19.2 Å². The Morgan fingerprint density at radius 2 is 1.42 bits per heavy atom. The van der Waals surface area contributed by atoms with Crippen molar-refractivity contribution in [2.75, 3.05) is 41.2 Å². The first-order valence-electron chi connectivity index (χ1n) is 16.8. The lowest BCUT2D eigenvalue weighted by molar-refractivity contribution is -0.146. The van der Waals surface area contributed by atoms with Crippen LogP contribution in [-0.2, 0) is 54.6 Å². The summed E-state index contributed by atoms with van der Waals surface area (Å²) in [5.41, 5.74) is 4.44. The third-order valence-electron chi connectivity index (χ3n) is 9.00. The Bertz CT molecular complexity index is 1450. The third-order valence-corrected chi connectivity index (χ3v) is 9.00. The van der Waals surface area contributed by atoms with E-state index in [1.807, 2.05) is 12.1 Å². The molecule has 2 atom stereocenters. The second kappa shape index (κ2) is 17.8. The number of aryl methyl sites for hydroxylation is 1. The highest BCUT2D eigenvalue weighted by atomic mass is 16.5. The molecular weight excluding hydrogens is 618 g/mol. The molecule has 0 N–H and O–H groups in total. The van der Waals surface area contributed by atoms with Crippen molar-refractivity contribution in [3.05, 3.63) is 46.5 Å². The van der Waals surface area contributed by atoms with E-state index in [0.29, 0.717) is 74.7 Å². The number of hydrogen-bond donors (Lipinski definition) is 0. The highest BCUT2D eigenvalue weighted by Gasteiger charge is 2.27. The predicted molar refractivity (Wildman–Crippen MR) is 177 cm³/mol. The molecule has 0 spiro atoms. The van der Waals surface area contributed by atoms with Gasteiger partial charge in [-0.3, -0.25) is 19.2 Å². The van der Waals surface area contributed by atoms with Gasteiger partial charge in [0.2, 0.25) is 5.91 Å². The van der Waals surface area contributed by atoms with Crippen molar-refractivity contribution in [1.82, 2.24) is 4.90 Å². The van der Waals surface area contributed by atoms with E-state index in [1.54, 1.807) is 33.0 Å². The standard InChI is InChI=1S/C37H49NO10/c1-6-46-36(41)13-12-35(40)38-22-28-20-32(44-4)34(21-29(28)23-38)48-15-7-14-47-33-19-27-17-25(8-10-26(27)18-31(33)43-3)9-11-30(39)16-24(2)37(42)45-5/h18-21,24-25H,6-17,22-23H2,1-5H3/t24-,25?/m0/s1. The van der Waals surface area contributed by atoms with Crippen LogP contribution >= 0.6 is 0 Å². The summed E-state index contributed by atoms with van der Waals surface area (Å²) in [6, 6.07) is 7.94. The summed E-state index contributed by atoms with van der Waals surface area (Å²) >= 11 is 0. The van der Waals surface area contributed by atoms with Crippen molar-refractivity contribution in [2.45, 2.75) is 84.7 Å². The summed E-state index contributed by atoms with van der Waals surface area (Å²) in [4.78, 5) is 50.2. The Morgan fingerprint density at radius 3 is 2.02 bits per heavy atom. The molecule has 0 radical (unpaired) electrons. The Kier molecular flexibility index (Phi) is 13.5. The van der Waals surface area contributed by atoms with Crippen molar-refractivity contribution in [1.29, 1.82) is 0 Å². The molecule has 262 valence electrons. The predicted octanol–water partition coefficient (Wildman–Crippen LogP) is 5.39. The van der Waals surface area contributed by atoms with Crippen molar-refractivity contribution >= 4 is 23.6 Å². The Morgan fingerprint density at radius 1 is 0.812 bits per heavy atom. The van der Waals surface area contributed by atoms with Crippen LogP contribution < -0.4 is 18.9 Å². The van der Waals surface area contributed by atoms with E-state index >= 15 is 0 Å². The minimum Gasteiger partial charge on any atom is -0.493 e. The number of rotatable bonds is 18. The zero-order valence-corrected chi connectivity index (χ0v) is 28.9. The molecule has 11 nitrogen and oxygen atoms in total. The van der Waals surface area contributed by atoms with Crippen LogP contribution in [-0.4, -0.2) is 69.7 Å². The zero-order valence-electron chi connectivity index (χ0n) is 28.9. The Balaban J connectivity index is 1.26. The molecule has 1 amide bonds. The van der Waals surface area contributed by atoms with Gasteiger partial charge in [0.1, 0.15) is 5.78 Å². The van der Waals surface area contributed by atoms with Crippen LogP contribution in [0.15, 0.2) is 24.3 Å². The summed E-state index contributed by atoms with van der Waals surface area (Å²) in [5.74, 6) is 1.84. The quantitative estimate of drug-likeness (QED) is 0.151. The molecule has 0 bridgehead atoms. The highest BCUT2D eigenvalue weighted by Crippen LogP contribution is 2.38. The van der Waals surface area contributed by atoms with Gasteiger partial charge in [-0.15, -0.1) is 0 Å². The van der Waals surface area contributed by atoms with E-state index in [0.717, 1.165) is 36.8 Å². The summed E-state index contributed by atoms with van der Waals surface area (Å²) in [6.45, 7) is 5.49. The largest absolute Gasteiger partial charge is 0.493 e. The number of Topliss-reactive ketones (excluding diaryl/α,β-unsaturated/α-hetero) is 1. The molecule has 11 heteroatoms. The van der Waals surface area contributed by atoms with Gasteiger partial charge < -0.3 is 33.3 Å². The Labute approximate surface area is 283 Å². The van der Waals surface area contributed by atoms with Gasteiger partial charge in [-0.05, 0) is 85.0 Å². The fraction of sp³-hybridized carbons (Fsp3) is 0.568. The minimum atomic E-state index is -0.415. The Hall–Kier alpha value is -4.28. The number of carbonyl (C=O) groups excluding carboxylic acids is 4. The lowest BCUT2D eigenvalue weighted by Gasteiger charge is -2.26. The van der Waals surface area contributed by atoms with Crippen LogP contribution in [0.4, 0.5) is 0 Å². The third kappa shape index (κ3) is 9.87. The highest BCUT2D eigenvalue weighted by molar-refractivity contribution is 5.84. The van der Waals surface area contributed by atoms with Gasteiger partial charge >= 0.3 is 11.9 Å². The van der Waals surface area contributed by atoms with E-state index in [2.05, 4.69) is 12.1 Å². The normalized spacial score (nSPS) is 15.5. The molecule has 1 aliphatic carbocycles. The van der Waals surface area contributed by atoms with Gasteiger partial charge in [-0.25, -0.2) is 0 Å². The van der Waals surface area contributed by atoms with E-state index in [4.69, 9.17) is 28.4 Å². The molecule has 2 aliphatic rings. The molecule has 2 aromatic rings. The van der Waals surface area contributed by atoms with Gasteiger partial charge in [0.15, 0.2) is 23.0 Å². The van der Waals surface area contributed by atoms with Gasteiger partial charge in [0.25, 0.3) is 0 Å². The van der Waals surface area contributed by atoms with Gasteiger partial charge in [0.05, 0.1) is 53.5 Å². The number of hydrogen-bond acceptors (Lipinski definition) is 10. The van der Waals surface area contributed by atoms with Crippen LogP contribution in [0.5, 0.6) is 23.0 Å². The van der Waals surface area contributed by atoms with E-state index < -0.39 is 5.92 Å². The lowest BCUT2D eigenvalue weighted by Crippen LogP contribution is -2.25. The lowest BCUT2D eigenvalue weighted by atomic mass is 9.81. The second-order valence-corrected chi connectivity index (χ2v) is 12.5. The van der Waals surface area contributed by atoms with Crippen LogP contribution in [0.25, 0.3) is 0 Å². The number of ether oxygens (including phenoxy) is 6. The maximum absolute atomic E-state index is 12.7.